The largest absolute Gasteiger partial charge is 0.418 e. The highest BCUT2D eigenvalue weighted by atomic mass is 19.4. The highest BCUT2D eigenvalue weighted by Gasteiger charge is 2.74. The third-order valence-corrected chi connectivity index (χ3v) is 3.04. The second-order valence-electron chi connectivity index (χ2n) is 4.51. The number of rotatable bonds is 3. The summed E-state index contributed by atoms with van der Waals surface area (Å²) in [7, 11) is 0. The number of anilines is 1. The van der Waals surface area contributed by atoms with Crippen LogP contribution in [0.1, 0.15) is 5.56 Å². The Kier molecular flexibility index (Phi) is 4.98. The molecule has 0 aliphatic carbocycles. The summed E-state index contributed by atoms with van der Waals surface area (Å²) in [6, 6.07) is 2.68. The van der Waals surface area contributed by atoms with E-state index < -0.39 is 47.2 Å². The fourth-order valence-electron chi connectivity index (χ4n) is 1.80. The molecule has 0 aromatic heterocycles. The second-order valence-corrected chi connectivity index (χ2v) is 4.51. The van der Waals surface area contributed by atoms with Gasteiger partial charge in [-0.1, -0.05) is 18.2 Å². The predicted molar refractivity (Wildman–Crippen MR) is 64.8 cm³/mol. The minimum atomic E-state index is -6.16. The van der Waals surface area contributed by atoms with Crippen LogP contribution < -0.4 is 5.32 Å². The first-order chi connectivity index (χ1) is 10.7. The van der Waals surface area contributed by atoms with Crippen LogP contribution in [0.4, 0.5) is 45.2 Å². The number of benzene rings is 1. The lowest BCUT2D eigenvalue weighted by Crippen LogP contribution is -2.56. The maximum atomic E-state index is 12.9. The molecule has 0 unspecified atom stereocenters. The van der Waals surface area contributed by atoms with Gasteiger partial charge in [0, 0.05) is 0 Å². The van der Waals surface area contributed by atoms with Gasteiger partial charge in [0.25, 0.3) is 11.3 Å². The number of para-hydroxylation sites is 1. The van der Waals surface area contributed by atoms with E-state index in [1.807, 2.05) is 0 Å². The van der Waals surface area contributed by atoms with Crippen LogP contribution in [0.5, 0.6) is 0 Å². The van der Waals surface area contributed by atoms with Gasteiger partial charge in [-0.25, -0.2) is 0 Å². The first kappa shape index (κ1) is 19.8. The van der Waals surface area contributed by atoms with Crippen LogP contribution in [-0.2, 0) is 11.0 Å². The number of nitrogens with one attached hydrogen (secondary N) is 1. The van der Waals surface area contributed by atoms with E-state index >= 15 is 0 Å². The van der Waals surface area contributed by atoms with Crippen molar-refractivity contribution in [3.63, 3.8) is 0 Å². The Morgan fingerprint density at radius 2 is 1.38 bits per heavy atom. The molecule has 0 spiro atoms. The van der Waals surface area contributed by atoms with Crippen molar-refractivity contribution in [1.82, 2.24) is 0 Å². The molecule has 24 heavy (non-hydrogen) atoms. The van der Waals surface area contributed by atoms with Crippen LogP contribution in [0.25, 0.3) is 0 Å². The normalized spacial score (nSPS) is 13.5. The molecule has 0 heterocycles. The minimum absolute atomic E-state index is 0.395. The van der Waals surface area contributed by atoms with Crippen molar-refractivity contribution in [3.05, 3.63) is 42.5 Å². The van der Waals surface area contributed by atoms with Gasteiger partial charge in [-0.3, -0.25) is 4.79 Å². The summed E-state index contributed by atoms with van der Waals surface area (Å²) in [4.78, 5) is 11.6. The SMILES string of the molecule is C=CC(C(=O)Nc1ccccc1C(F)(F)F)(C(F)(F)F)C(F)(F)F. The number of carbonyl (C=O) groups is 1. The number of hydrogen-bond acceptors (Lipinski definition) is 1. The Hall–Kier alpha value is -2.20. The molecule has 1 rings (SSSR count). The summed E-state index contributed by atoms with van der Waals surface area (Å²) in [6.45, 7) is 2.38. The van der Waals surface area contributed by atoms with E-state index in [-0.39, 0.29) is 0 Å². The van der Waals surface area contributed by atoms with Crippen molar-refractivity contribution >= 4 is 11.6 Å². The van der Waals surface area contributed by atoms with Crippen LogP contribution in [0, 0.1) is 5.41 Å². The summed E-state index contributed by atoms with van der Waals surface area (Å²) < 4.78 is 115. The second kappa shape index (κ2) is 6.02. The van der Waals surface area contributed by atoms with Crippen LogP contribution in [-0.4, -0.2) is 18.3 Å². The highest BCUT2D eigenvalue weighted by molar-refractivity contribution is 5.98. The first-order valence-electron chi connectivity index (χ1n) is 5.93. The fourth-order valence-corrected chi connectivity index (χ4v) is 1.80. The maximum absolute atomic E-state index is 12.9. The van der Waals surface area contributed by atoms with Gasteiger partial charge in [-0.15, -0.1) is 6.58 Å². The maximum Gasteiger partial charge on any atom is 0.418 e. The van der Waals surface area contributed by atoms with E-state index in [1.54, 1.807) is 0 Å². The van der Waals surface area contributed by atoms with Crippen LogP contribution in [0.2, 0.25) is 0 Å². The van der Waals surface area contributed by atoms with Crippen molar-refractivity contribution in [2.75, 3.05) is 5.32 Å². The van der Waals surface area contributed by atoms with Crippen molar-refractivity contribution in [2.24, 2.45) is 5.41 Å². The Labute approximate surface area is 128 Å². The van der Waals surface area contributed by atoms with Crippen LogP contribution in [0.3, 0.4) is 0 Å². The van der Waals surface area contributed by atoms with E-state index in [4.69, 9.17) is 0 Å². The molecule has 0 aliphatic rings. The topological polar surface area (TPSA) is 29.1 Å². The molecule has 0 fully saturated rings. The number of halogens is 9. The minimum Gasteiger partial charge on any atom is -0.324 e. The molecule has 0 bridgehead atoms. The van der Waals surface area contributed by atoms with Gasteiger partial charge in [0.05, 0.1) is 11.3 Å². The Balaban J connectivity index is 3.43. The Morgan fingerprint density at radius 1 is 0.917 bits per heavy atom. The fraction of sp³-hybridized carbons (Fsp3) is 0.308. The zero-order chi connectivity index (χ0) is 19.0. The molecule has 0 radical (unpaired) electrons. The highest BCUT2D eigenvalue weighted by Crippen LogP contribution is 2.52. The molecular weight excluding hydrogens is 357 g/mol. The first-order valence-corrected chi connectivity index (χ1v) is 5.93. The molecule has 1 N–H and O–H groups in total. The lowest BCUT2D eigenvalue weighted by atomic mass is 9.85. The zero-order valence-electron chi connectivity index (χ0n) is 11.4. The van der Waals surface area contributed by atoms with E-state index in [2.05, 4.69) is 6.58 Å². The number of hydrogen-bond donors (Lipinski definition) is 1. The van der Waals surface area contributed by atoms with E-state index in [1.165, 1.54) is 0 Å². The van der Waals surface area contributed by atoms with E-state index in [0.717, 1.165) is 17.4 Å². The average molecular weight is 365 g/mol. The zero-order valence-corrected chi connectivity index (χ0v) is 11.4. The smallest absolute Gasteiger partial charge is 0.324 e. The van der Waals surface area contributed by atoms with Crippen LogP contribution in [0.15, 0.2) is 36.9 Å². The summed E-state index contributed by atoms with van der Waals surface area (Å²) in [5.74, 6) is -2.74. The Bertz CT molecular complexity index is 614. The summed E-state index contributed by atoms with van der Waals surface area (Å²) in [5.41, 5.74) is -7.89. The van der Waals surface area contributed by atoms with Gasteiger partial charge in [0.2, 0.25) is 0 Å². The summed E-state index contributed by atoms with van der Waals surface area (Å²) in [5, 5.41) is 1.05. The predicted octanol–water partition coefficient (Wildman–Crippen LogP) is 4.94. The third-order valence-electron chi connectivity index (χ3n) is 3.04. The van der Waals surface area contributed by atoms with Crippen LogP contribution >= 0.6 is 0 Å². The standard InChI is InChI=1S/C13H8F9NO/c1-2-10(12(17,18)19,13(20,21)22)9(24)23-8-6-4-3-5-7(8)11(14,15)16/h2-6H,1H2,(H,23,24). The number of alkyl halides is 9. The molecule has 134 valence electrons. The summed E-state index contributed by atoms with van der Waals surface area (Å²) >= 11 is 0. The van der Waals surface area contributed by atoms with E-state index in [9.17, 15) is 44.3 Å². The monoisotopic (exact) mass is 365 g/mol. The van der Waals surface area contributed by atoms with Gasteiger partial charge in [-0.2, -0.15) is 39.5 Å². The Morgan fingerprint density at radius 3 is 1.75 bits per heavy atom. The van der Waals surface area contributed by atoms with Gasteiger partial charge in [0.1, 0.15) is 0 Å². The molecule has 0 atom stereocenters. The molecule has 1 aromatic carbocycles. The van der Waals surface area contributed by atoms with E-state index in [0.29, 0.717) is 12.1 Å². The molecule has 1 amide bonds. The molecule has 0 saturated heterocycles. The molecule has 0 aliphatic heterocycles. The molecule has 0 saturated carbocycles. The van der Waals surface area contributed by atoms with Gasteiger partial charge in [0.15, 0.2) is 0 Å². The lowest BCUT2D eigenvalue weighted by molar-refractivity contribution is -0.305. The van der Waals surface area contributed by atoms with Crippen molar-refractivity contribution in [1.29, 1.82) is 0 Å². The van der Waals surface area contributed by atoms with Crippen molar-refractivity contribution < 1.29 is 44.3 Å². The van der Waals surface area contributed by atoms with Crippen molar-refractivity contribution in [2.45, 2.75) is 18.5 Å². The lowest BCUT2D eigenvalue weighted by Gasteiger charge is -2.33. The summed E-state index contributed by atoms with van der Waals surface area (Å²) in [6.07, 6.45) is -18.1. The number of carbonyl (C=O) groups excluding carboxylic acids is 1. The van der Waals surface area contributed by atoms with Gasteiger partial charge < -0.3 is 5.32 Å². The molecule has 1 aromatic rings. The van der Waals surface area contributed by atoms with Crippen molar-refractivity contribution in [3.8, 4) is 0 Å². The third kappa shape index (κ3) is 3.34. The van der Waals surface area contributed by atoms with Gasteiger partial charge >= 0.3 is 18.5 Å². The molecule has 2 nitrogen and oxygen atoms in total. The van der Waals surface area contributed by atoms with Gasteiger partial charge in [-0.05, 0) is 12.1 Å². The average Bonchev–Trinajstić information content (AvgIpc) is 2.35. The molecule has 11 heteroatoms. The quantitative estimate of drug-likeness (QED) is 0.597. The number of amides is 1. The molecular formula is C13H8F9NO.